The van der Waals surface area contributed by atoms with E-state index in [0.717, 1.165) is 0 Å². The number of unbranched alkanes of at least 4 members (excludes halogenated alkanes) is 4. The van der Waals surface area contributed by atoms with Crippen molar-refractivity contribution in [1.29, 1.82) is 0 Å². The van der Waals surface area contributed by atoms with Gasteiger partial charge in [0.15, 0.2) is 5.96 Å². The zero-order valence-electron chi connectivity index (χ0n) is 48.0. The number of nitrogens with one attached hydrogen (secondary N) is 8. The van der Waals surface area contributed by atoms with Crippen LogP contribution in [0.4, 0.5) is 0 Å². The Balaban J connectivity index is 2.42. The minimum absolute atomic E-state index is 0.00767. The van der Waals surface area contributed by atoms with Crippen LogP contribution in [0.5, 0.6) is 0 Å². The maximum atomic E-state index is 14.4. The van der Waals surface area contributed by atoms with Crippen LogP contribution in [0.15, 0.2) is 34.3 Å². The second-order valence-electron chi connectivity index (χ2n) is 20.1. The van der Waals surface area contributed by atoms with E-state index in [-0.39, 0.29) is 94.9 Å². The van der Waals surface area contributed by atoms with Crippen molar-refractivity contribution in [3.63, 3.8) is 0 Å². The van der Waals surface area contributed by atoms with Gasteiger partial charge in [-0.1, -0.05) is 12.5 Å². The van der Waals surface area contributed by atoms with Gasteiger partial charge in [-0.25, -0.2) is 14.8 Å². The van der Waals surface area contributed by atoms with Gasteiger partial charge in [-0.3, -0.25) is 48.1 Å². The summed E-state index contributed by atoms with van der Waals surface area (Å²) in [6.45, 7) is -0.912. The van der Waals surface area contributed by atoms with Crippen molar-refractivity contribution < 1.29 is 63.3 Å². The van der Waals surface area contributed by atoms with Gasteiger partial charge in [0, 0.05) is 44.5 Å². The number of rotatable bonds is 42. The SMILES string of the molecule is NCCCCC(=NC(=O)CNC(=O)[C@@H](NC(=O)[C@@H](NC(=O)[C@@H](N)CCCCN)[C@@H](O)CN)[C@@H](O)CN)C(=O)N1CCC[C@H]1C(=O)N[C@@H](Cc1cnc[nH]1)C(=O)N[C@@H](CCCCN)C(=O)N/C(=C\CCN=C(N)N)C(=O)N[C@@H](CCCCN)C(=O)O. The number of guanidine groups is 1. The number of amides is 9. The summed E-state index contributed by atoms with van der Waals surface area (Å²) in [6, 6.07) is -10.1. The van der Waals surface area contributed by atoms with Crippen LogP contribution in [0, 0.1) is 0 Å². The Morgan fingerprint density at radius 3 is 1.87 bits per heavy atom. The molecule has 2 rings (SSSR count). The fraction of sp³-hybridized carbons (Fsp3) is 0.667. The van der Waals surface area contributed by atoms with Gasteiger partial charge in [0.1, 0.15) is 47.7 Å². The lowest BCUT2D eigenvalue weighted by Crippen LogP contribution is -2.63. The highest BCUT2D eigenvalue weighted by molar-refractivity contribution is 6.40. The average molecular weight is 1210 g/mol. The summed E-state index contributed by atoms with van der Waals surface area (Å²) in [5, 5.41) is 48.1. The molecule has 9 atom stereocenters. The van der Waals surface area contributed by atoms with Crippen LogP contribution in [-0.4, -0.2) is 214 Å². The number of likely N-dealkylation sites (tertiary alicyclic amines) is 1. The molecule has 1 fully saturated rings. The number of nitrogens with zero attached hydrogens (tertiary/aromatic N) is 4. The third kappa shape index (κ3) is 26.9. The smallest absolute Gasteiger partial charge is 0.326 e. The number of carbonyl (C=O) groups excluding carboxylic acids is 9. The summed E-state index contributed by atoms with van der Waals surface area (Å²) in [6.07, 6.45) is 4.20. The van der Waals surface area contributed by atoms with Crippen LogP contribution in [-0.2, 0) is 54.4 Å². The number of imidazole rings is 1. The second-order valence-corrected chi connectivity index (χ2v) is 20.1. The van der Waals surface area contributed by atoms with Crippen molar-refractivity contribution in [2.24, 2.45) is 61.6 Å². The molecule has 9 amide bonds. The number of aliphatic hydroxyl groups excluding tert-OH is 2. The number of aliphatic imine (C=N–C) groups is 2. The normalized spacial score (nSPS) is 16.2. The lowest BCUT2D eigenvalue weighted by molar-refractivity contribution is -0.141. The molecule has 34 heteroatoms. The van der Waals surface area contributed by atoms with Gasteiger partial charge in [-0.15, -0.1) is 0 Å². The lowest BCUT2D eigenvalue weighted by atomic mass is 10.1. The van der Waals surface area contributed by atoms with Crippen molar-refractivity contribution in [3.8, 4) is 0 Å². The Bertz CT molecular complexity index is 2410. The first-order valence-corrected chi connectivity index (χ1v) is 28.4. The molecule has 0 aliphatic carbocycles. The second kappa shape index (κ2) is 40.6. The van der Waals surface area contributed by atoms with Crippen LogP contribution >= 0.6 is 0 Å². The van der Waals surface area contributed by atoms with Gasteiger partial charge in [0.2, 0.25) is 35.4 Å². The van der Waals surface area contributed by atoms with Crippen LogP contribution in [0.25, 0.3) is 0 Å². The summed E-state index contributed by atoms with van der Waals surface area (Å²) in [5.41, 5.74) is 50.4. The van der Waals surface area contributed by atoms with Crippen molar-refractivity contribution in [3.05, 3.63) is 30.0 Å². The molecule has 0 saturated carbocycles. The predicted octanol–water partition coefficient (Wildman–Crippen LogP) is -8.32. The number of carboxylic acids is 1. The summed E-state index contributed by atoms with van der Waals surface area (Å²) >= 11 is 0. The molecule has 1 aromatic heterocycles. The summed E-state index contributed by atoms with van der Waals surface area (Å²) in [5.74, 6) is -10.1. The Hall–Kier alpha value is -7.57. The van der Waals surface area contributed by atoms with Gasteiger partial charge >= 0.3 is 5.97 Å². The van der Waals surface area contributed by atoms with Crippen LogP contribution in [0.1, 0.15) is 102 Å². The molecule has 0 unspecified atom stereocenters. The largest absolute Gasteiger partial charge is 0.480 e. The number of carboxylic acid groups (broad SMARTS) is 1. The predicted molar refractivity (Wildman–Crippen MR) is 311 cm³/mol. The highest BCUT2D eigenvalue weighted by Crippen LogP contribution is 2.20. The van der Waals surface area contributed by atoms with Crippen LogP contribution in [0.2, 0.25) is 0 Å². The monoisotopic (exact) mass is 1210 g/mol. The zero-order valence-corrected chi connectivity index (χ0v) is 48.0. The number of carbonyl (C=O) groups is 10. The molecule has 1 aliphatic heterocycles. The van der Waals surface area contributed by atoms with Crippen molar-refractivity contribution >= 4 is 70.8 Å². The molecule has 0 bridgehead atoms. The van der Waals surface area contributed by atoms with Crippen molar-refractivity contribution in [2.45, 2.75) is 157 Å². The molecule has 1 aliphatic rings. The molecular weight excluding hydrogens is 1110 g/mol. The quantitative estimate of drug-likeness (QED) is 0.0125. The minimum Gasteiger partial charge on any atom is -0.480 e. The number of aliphatic carboxylic acids is 1. The summed E-state index contributed by atoms with van der Waals surface area (Å²) in [7, 11) is 0. The highest BCUT2D eigenvalue weighted by Gasteiger charge is 2.39. The van der Waals surface area contributed by atoms with Gasteiger partial charge in [0.25, 0.3) is 17.7 Å². The molecule has 0 radical (unpaired) electrons. The first kappa shape index (κ1) is 73.5. The molecule has 1 saturated heterocycles. The molecule has 0 aromatic carbocycles. The fourth-order valence-corrected chi connectivity index (χ4v) is 8.58. The third-order valence-electron chi connectivity index (χ3n) is 13.3. The van der Waals surface area contributed by atoms with Crippen molar-refractivity contribution in [2.75, 3.05) is 58.9 Å². The van der Waals surface area contributed by atoms with Gasteiger partial charge in [0.05, 0.1) is 31.1 Å². The van der Waals surface area contributed by atoms with E-state index in [4.69, 9.17) is 51.6 Å². The standard InChI is InChI=1S/C51H91N21O13/c52-17-5-1-11-30(58)42(76)70-41(38(74)25-57)48(82)71-40(37(73)24-56)47(81)63-27-39(75)65-33(13-3-7-19-54)49(83)72-22-10-16-36(72)46(80)69-35(23-29-26-61-28-64-29)45(79)67-31(12-2-6-18-53)43(77)66-32(15-9-21-62-51(59)60)44(78)68-34(50(84)85)14-4-8-20-55/h15,26,28,30-31,34-38,40-41,73-74H,1-14,16-25,27,52-58H2,(H,61,64)(H,63,81)(H,66,77)(H,67,79)(H,68,78)(H,69,80)(H,70,76)(H,71,82)(H,84,85)(H4,59,60,62)/b32-15-,65-33?/t30-,31-,34-,35-,36-,37-,38-,40-,41-/m0/s1. The van der Waals surface area contributed by atoms with Gasteiger partial charge in [-0.2, -0.15) is 0 Å². The van der Waals surface area contributed by atoms with Gasteiger partial charge < -0.3 is 114 Å². The van der Waals surface area contributed by atoms with Crippen LogP contribution in [0.3, 0.4) is 0 Å². The molecule has 478 valence electrons. The molecule has 2 heterocycles. The maximum absolute atomic E-state index is 14.4. The number of aromatic amines is 1. The number of nitrogens with two attached hydrogens (primary N) is 9. The van der Waals surface area contributed by atoms with E-state index in [1.54, 1.807) is 0 Å². The highest BCUT2D eigenvalue weighted by atomic mass is 16.4. The summed E-state index contributed by atoms with van der Waals surface area (Å²) < 4.78 is 0. The minimum atomic E-state index is -1.86. The Labute approximate surface area is 492 Å². The van der Waals surface area contributed by atoms with E-state index < -0.39 is 133 Å². The topological polar surface area (TPSA) is 606 Å². The van der Waals surface area contributed by atoms with E-state index in [0.29, 0.717) is 70.2 Å². The van der Waals surface area contributed by atoms with E-state index >= 15 is 0 Å². The molecule has 29 N–H and O–H groups in total. The number of aliphatic hydroxyl groups is 2. The molecular formula is C51H91N21O13. The molecule has 1 aromatic rings. The molecule has 85 heavy (non-hydrogen) atoms. The number of hydrogen-bond acceptors (Lipinski definition) is 21. The maximum Gasteiger partial charge on any atom is 0.326 e. The zero-order chi connectivity index (χ0) is 63.4. The average Bonchev–Trinajstić information content (AvgIpc) is 4.22. The number of H-pyrrole nitrogens is 1. The molecule has 0 spiro atoms. The third-order valence-corrected chi connectivity index (χ3v) is 13.3. The van der Waals surface area contributed by atoms with E-state index in [1.165, 1.54) is 23.5 Å². The molecule has 34 nitrogen and oxygen atoms in total. The first-order chi connectivity index (χ1) is 40.6. The van der Waals surface area contributed by atoms with Gasteiger partial charge in [-0.05, 0) is 116 Å². The van der Waals surface area contributed by atoms with Crippen molar-refractivity contribution in [1.82, 2.24) is 52.1 Å². The fourth-order valence-electron chi connectivity index (χ4n) is 8.58. The van der Waals surface area contributed by atoms with E-state index in [1.807, 2.05) is 0 Å². The Morgan fingerprint density at radius 1 is 0.706 bits per heavy atom. The summed E-state index contributed by atoms with van der Waals surface area (Å²) in [4.78, 5) is 152. The van der Waals surface area contributed by atoms with E-state index in [2.05, 4.69) is 57.2 Å². The number of aromatic nitrogens is 2. The van der Waals surface area contributed by atoms with E-state index in [9.17, 15) is 63.3 Å². The lowest BCUT2D eigenvalue weighted by Gasteiger charge is -2.28. The Kier molecular flexibility index (Phi) is 35.2. The first-order valence-electron chi connectivity index (χ1n) is 28.4. The number of hydrogen-bond donors (Lipinski definition) is 20. The Morgan fingerprint density at radius 2 is 1.29 bits per heavy atom. The van der Waals surface area contributed by atoms with Crippen LogP contribution < -0.4 is 88.8 Å².